The van der Waals surface area contributed by atoms with Gasteiger partial charge in [0.2, 0.25) is 0 Å². The van der Waals surface area contributed by atoms with Crippen LogP contribution in [0.2, 0.25) is 0 Å². The number of anilines is 1. The molecule has 168 valence electrons. The van der Waals surface area contributed by atoms with Gasteiger partial charge in [0.25, 0.3) is 5.91 Å². The Morgan fingerprint density at radius 1 is 1.09 bits per heavy atom. The van der Waals surface area contributed by atoms with Gasteiger partial charge in [0, 0.05) is 25.6 Å². The fraction of sp³-hybridized carbons (Fsp3) is 0.478. The molecule has 32 heavy (non-hydrogen) atoms. The Hall–Kier alpha value is -3.04. The number of urea groups is 1. The van der Waals surface area contributed by atoms with Crippen molar-refractivity contribution in [2.24, 2.45) is 5.92 Å². The summed E-state index contributed by atoms with van der Waals surface area (Å²) >= 11 is 0. The third-order valence-electron chi connectivity index (χ3n) is 6.61. The Morgan fingerprint density at radius 2 is 1.84 bits per heavy atom. The van der Waals surface area contributed by atoms with Crippen molar-refractivity contribution in [1.82, 2.24) is 25.7 Å². The maximum absolute atomic E-state index is 12.5. The van der Waals surface area contributed by atoms with Crippen LogP contribution >= 0.6 is 0 Å². The summed E-state index contributed by atoms with van der Waals surface area (Å²) in [5.74, 6) is 0.365. The second kappa shape index (κ2) is 8.84. The number of carbonyl (C=O) groups excluding carboxylic acids is 2. The van der Waals surface area contributed by atoms with Gasteiger partial charge in [-0.2, -0.15) is 0 Å². The molecule has 1 atom stereocenters. The quantitative estimate of drug-likeness (QED) is 0.676. The molecule has 5 rings (SSSR count). The van der Waals surface area contributed by atoms with Crippen molar-refractivity contribution in [1.29, 1.82) is 0 Å². The molecule has 0 saturated carbocycles. The second-order valence-electron chi connectivity index (χ2n) is 8.88. The largest absolute Gasteiger partial charge is 0.375 e. The van der Waals surface area contributed by atoms with E-state index in [4.69, 9.17) is 4.74 Å². The lowest BCUT2D eigenvalue weighted by atomic mass is 9.86. The first kappa shape index (κ1) is 20.8. The molecule has 1 unspecified atom stereocenters. The third kappa shape index (κ3) is 4.44. The number of amides is 3. The van der Waals surface area contributed by atoms with Crippen LogP contribution in [0, 0.1) is 5.92 Å². The highest BCUT2D eigenvalue weighted by atomic mass is 16.5. The predicted octanol–water partition coefficient (Wildman–Crippen LogP) is 1.91. The summed E-state index contributed by atoms with van der Waals surface area (Å²) in [5.41, 5.74) is 2.52. The Morgan fingerprint density at radius 3 is 2.53 bits per heavy atom. The number of piperidine rings is 1. The van der Waals surface area contributed by atoms with Crippen LogP contribution in [0.15, 0.2) is 36.4 Å². The van der Waals surface area contributed by atoms with E-state index < -0.39 is 0 Å². The average Bonchev–Trinajstić information content (AvgIpc) is 3.43. The van der Waals surface area contributed by atoms with Crippen molar-refractivity contribution in [3.63, 3.8) is 0 Å². The van der Waals surface area contributed by atoms with E-state index in [1.165, 1.54) is 0 Å². The van der Waals surface area contributed by atoms with Gasteiger partial charge < -0.3 is 20.3 Å². The van der Waals surface area contributed by atoms with Crippen molar-refractivity contribution >= 4 is 17.8 Å². The van der Waals surface area contributed by atoms with Crippen molar-refractivity contribution in [3.8, 4) is 0 Å². The van der Waals surface area contributed by atoms with Gasteiger partial charge in [-0.3, -0.25) is 10.1 Å². The van der Waals surface area contributed by atoms with Gasteiger partial charge in [-0.05, 0) is 55.6 Å². The lowest BCUT2D eigenvalue weighted by Crippen LogP contribution is -2.41. The van der Waals surface area contributed by atoms with Gasteiger partial charge in [0.05, 0.1) is 12.2 Å². The summed E-state index contributed by atoms with van der Waals surface area (Å²) in [6.45, 7) is 4.35. The fourth-order valence-electron chi connectivity index (χ4n) is 4.81. The van der Waals surface area contributed by atoms with Crippen LogP contribution < -0.4 is 16.0 Å². The minimum absolute atomic E-state index is 0.0169. The summed E-state index contributed by atoms with van der Waals surface area (Å²) in [4.78, 5) is 26.7. The number of carbonyl (C=O) groups is 2. The van der Waals surface area contributed by atoms with Crippen molar-refractivity contribution in [3.05, 3.63) is 53.2 Å². The smallest absolute Gasteiger partial charge is 0.323 e. The molecule has 0 radical (unpaired) electrons. The highest BCUT2D eigenvalue weighted by Crippen LogP contribution is 2.36. The molecule has 3 aliphatic rings. The zero-order chi connectivity index (χ0) is 22.0. The summed E-state index contributed by atoms with van der Waals surface area (Å²) < 4.78 is 6.08. The van der Waals surface area contributed by atoms with Gasteiger partial charge in [-0.15, -0.1) is 10.2 Å². The molecule has 2 aromatic rings. The van der Waals surface area contributed by atoms with Gasteiger partial charge in [-0.1, -0.05) is 24.3 Å². The molecule has 1 aromatic heterocycles. The second-order valence-corrected chi connectivity index (χ2v) is 8.88. The molecule has 0 bridgehead atoms. The summed E-state index contributed by atoms with van der Waals surface area (Å²) in [6, 6.07) is 10.9. The van der Waals surface area contributed by atoms with Crippen LogP contribution in [0.4, 0.5) is 10.6 Å². The molecule has 2 fully saturated rings. The Kier molecular flexibility index (Phi) is 5.75. The first-order valence-corrected chi connectivity index (χ1v) is 11.2. The van der Waals surface area contributed by atoms with E-state index in [-0.39, 0.29) is 23.2 Å². The number of rotatable bonds is 4. The topological polar surface area (TPSA) is 108 Å². The SMILES string of the molecule is O=C(NCC1COC2(CCNCC2)C1)c1ccc(NC(=O)N2Cc3ccccc3C2)nn1. The van der Waals surface area contributed by atoms with E-state index in [0.717, 1.165) is 43.5 Å². The van der Waals surface area contributed by atoms with E-state index in [2.05, 4.69) is 26.1 Å². The number of nitrogens with zero attached hydrogens (tertiary/aromatic N) is 3. The summed E-state index contributed by atoms with van der Waals surface area (Å²) in [6.07, 6.45) is 3.03. The first-order valence-electron chi connectivity index (χ1n) is 11.2. The lowest BCUT2D eigenvalue weighted by Gasteiger charge is -2.33. The molecule has 2 saturated heterocycles. The highest BCUT2D eigenvalue weighted by Gasteiger charge is 2.41. The Labute approximate surface area is 186 Å². The normalized spacial score (nSPS) is 21.4. The molecule has 3 amide bonds. The molecular weight excluding hydrogens is 408 g/mol. The van der Waals surface area contributed by atoms with E-state index >= 15 is 0 Å². The molecule has 4 heterocycles. The van der Waals surface area contributed by atoms with Gasteiger partial charge in [-0.25, -0.2) is 4.79 Å². The Bertz CT molecular complexity index is 964. The fourth-order valence-corrected chi connectivity index (χ4v) is 4.81. The monoisotopic (exact) mass is 436 g/mol. The zero-order valence-corrected chi connectivity index (χ0v) is 18.0. The molecule has 3 N–H and O–H groups in total. The number of nitrogens with one attached hydrogen (secondary N) is 3. The number of hydrogen-bond donors (Lipinski definition) is 3. The summed E-state index contributed by atoms with van der Waals surface area (Å²) in [7, 11) is 0. The maximum Gasteiger partial charge on any atom is 0.323 e. The van der Waals surface area contributed by atoms with Crippen LogP contribution in [0.5, 0.6) is 0 Å². The zero-order valence-electron chi connectivity index (χ0n) is 18.0. The number of benzene rings is 1. The van der Waals surface area contributed by atoms with Crippen LogP contribution in [0.25, 0.3) is 0 Å². The minimum Gasteiger partial charge on any atom is -0.375 e. The van der Waals surface area contributed by atoms with Crippen molar-refractivity contribution < 1.29 is 14.3 Å². The van der Waals surface area contributed by atoms with Gasteiger partial charge in [0.15, 0.2) is 11.5 Å². The molecule has 9 heteroatoms. The van der Waals surface area contributed by atoms with Crippen molar-refractivity contribution in [2.45, 2.75) is 38.0 Å². The maximum atomic E-state index is 12.5. The Balaban J connectivity index is 1.10. The van der Waals surface area contributed by atoms with E-state index in [1.54, 1.807) is 17.0 Å². The predicted molar refractivity (Wildman–Crippen MR) is 118 cm³/mol. The molecular formula is C23H28N6O3. The van der Waals surface area contributed by atoms with Crippen molar-refractivity contribution in [2.75, 3.05) is 31.6 Å². The number of ether oxygens (including phenoxy) is 1. The average molecular weight is 437 g/mol. The molecule has 1 spiro atoms. The molecule has 0 aliphatic carbocycles. The lowest BCUT2D eigenvalue weighted by molar-refractivity contribution is -0.0196. The third-order valence-corrected chi connectivity index (χ3v) is 6.61. The van der Waals surface area contributed by atoms with Crippen LogP contribution in [0.3, 0.4) is 0 Å². The van der Waals surface area contributed by atoms with E-state index in [0.29, 0.717) is 38.0 Å². The molecule has 9 nitrogen and oxygen atoms in total. The standard InChI is InChI=1S/C23H28N6O3/c30-21(25-12-16-11-23(32-15-16)7-9-24-10-8-23)19-5-6-20(28-27-19)26-22(31)29-13-17-3-1-2-4-18(17)14-29/h1-6,16,24H,7-15H2,(H,25,30)(H,26,28,31). The highest BCUT2D eigenvalue weighted by molar-refractivity contribution is 5.93. The van der Waals surface area contributed by atoms with Gasteiger partial charge in [0.1, 0.15) is 0 Å². The number of fused-ring (bicyclic) bond motifs is 1. The minimum atomic E-state index is -0.267. The van der Waals surface area contributed by atoms with Crippen LogP contribution in [-0.4, -0.2) is 58.9 Å². The van der Waals surface area contributed by atoms with E-state index in [1.807, 2.05) is 24.3 Å². The van der Waals surface area contributed by atoms with Crippen LogP contribution in [0.1, 0.15) is 40.9 Å². The number of aromatic nitrogens is 2. The molecule has 1 aromatic carbocycles. The van der Waals surface area contributed by atoms with E-state index in [9.17, 15) is 9.59 Å². The molecule has 3 aliphatic heterocycles. The summed E-state index contributed by atoms with van der Waals surface area (Å²) in [5, 5.41) is 17.1. The van der Waals surface area contributed by atoms with Crippen LogP contribution in [-0.2, 0) is 17.8 Å². The van der Waals surface area contributed by atoms with Gasteiger partial charge >= 0.3 is 6.03 Å². The first-order chi connectivity index (χ1) is 15.6. The number of hydrogen-bond acceptors (Lipinski definition) is 6.